The van der Waals surface area contributed by atoms with Gasteiger partial charge in [-0.2, -0.15) is 0 Å². The molecule has 1 unspecified atom stereocenters. The summed E-state index contributed by atoms with van der Waals surface area (Å²) in [5, 5.41) is 0. The van der Waals surface area contributed by atoms with Gasteiger partial charge in [0.2, 0.25) is 0 Å². The fourth-order valence-corrected chi connectivity index (χ4v) is 1.61. The molecule has 0 spiro atoms. The van der Waals surface area contributed by atoms with Crippen LogP contribution in [0, 0.1) is 5.92 Å². The van der Waals surface area contributed by atoms with E-state index in [1.165, 1.54) is 11.1 Å². The average Bonchev–Trinajstić information content (AvgIpc) is 2.62. The summed E-state index contributed by atoms with van der Waals surface area (Å²) >= 11 is 0. The van der Waals surface area contributed by atoms with Crippen molar-refractivity contribution in [2.75, 3.05) is 0 Å². The normalized spacial score (nSPS) is 19.7. The van der Waals surface area contributed by atoms with Gasteiger partial charge in [0.15, 0.2) is 0 Å². The minimum atomic E-state index is 0.495. The first-order valence-corrected chi connectivity index (χ1v) is 6.80. The molecule has 0 aromatic heterocycles. The lowest BCUT2D eigenvalue weighted by atomic mass is 10.0. The molecule has 0 radical (unpaired) electrons. The number of hydrogen-bond acceptors (Lipinski definition) is 0. The molecule has 0 N–H and O–H groups in total. The van der Waals surface area contributed by atoms with Crippen LogP contribution in [0.3, 0.4) is 0 Å². The first-order chi connectivity index (χ1) is 8.77. The standard InChI is InChI=1S/C16H20.C2H6/c1-4-6-7-11-15(5-2)16-12-9-8-10-14(3)13-16;1-2/h4-14H,1-3H3;1-2H3/b6-4-,11-7-,15-5+;. The van der Waals surface area contributed by atoms with E-state index in [2.05, 4.69) is 62.5 Å². The zero-order valence-corrected chi connectivity index (χ0v) is 12.4. The molecule has 0 fully saturated rings. The highest BCUT2D eigenvalue weighted by molar-refractivity contribution is 5.48. The molecule has 0 aromatic rings. The maximum absolute atomic E-state index is 2.29. The quantitative estimate of drug-likeness (QED) is 0.550. The smallest absolute Gasteiger partial charge is 0.00696 e. The van der Waals surface area contributed by atoms with Crippen LogP contribution >= 0.6 is 0 Å². The second-order valence-electron chi connectivity index (χ2n) is 3.85. The molecule has 98 valence electrons. The van der Waals surface area contributed by atoms with Crippen LogP contribution in [-0.4, -0.2) is 0 Å². The van der Waals surface area contributed by atoms with Gasteiger partial charge in [-0.15, -0.1) is 0 Å². The van der Waals surface area contributed by atoms with Crippen molar-refractivity contribution in [1.29, 1.82) is 0 Å². The summed E-state index contributed by atoms with van der Waals surface area (Å²) in [7, 11) is 0. The van der Waals surface area contributed by atoms with Gasteiger partial charge in [0.25, 0.3) is 0 Å². The molecular formula is C18H26. The molecule has 0 bridgehead atoms. The van der Waals surface area contributed by atoms with Crippen LogP contribution in [-0.2, 0) is 0 Å². The Labute approximate surface area is 113 Å². The van der Waals surface area contributed by atoms with Crippen LogP contribution in [0.4, 0.5) is 0 Å². The van der Waals surface area contributed by atoms with Crippen molar-refractivity contribution < 1.29 is 0 Å². The first kappa shape index (κ1) is 16.4. The number of hydrogen-bond donors (Lipinski definition) is 0. The van der Waals surface area contributed by atoms with Crippen molar-refractivity contribution in [1.82, 2.24) is 0 Å². The van der Waals surface area contributed by atoms with Gasteiger partial charge in [-0.25, -0.2) is 0 Å². The van der Waals surface area contributed by atoms with Crippen LogP contribution < -0.4 is 0 Å². The molecule has 0 aromatic carbocycles. The minimum absolute atomic E-state index is 0.495. The van der Waals surface area contributed by atoms with E-state index in [9.17, 15) is 0 Å². The molecule has 1 rings (SSSR count). The van der Waals surface area contributed by atoms with E-state index >= 15 is 0 Å². The molecule has 1 aliphatic rings. The predicted octanol–water partition coefficient (Wildman–Crippen LogP) is 5.78. The number of rotatable bonds is 3. The molecule has 0 saturated carbocycles. The monoisotopic (exact) mass is 242 g/mol. The van der Waals surface area contributed by atoms with Crippen LogP contribution in [0.2, 0.25) is 0 Å². The molecule has 1 atom stereocenters. The largest absolute Gasteiger partial charge is 0.0877 e. The summed E-state index contributed by atoms with van der Waals surface area (Å²) in [4.78, 5) is 0. The Kier molecular flexibility index (Phi) is 9.67. The Balaban J connectivity index is 0.00000137. The molecule has 18 heavy (non-hydrogen) atoms. The van der Waals surface area contributed by atoms with E-state index in [1.807, 2.05) is 32.9 Å². The van der Waals surface area contributed by atoms with Gasteiger partial charge >= 0.3 is 0 Å². The van der Waals surface area contributed by atoms with E-state index < -0.39 is 0 Å². The highest BCUT2D eigenvalue weighted by Gasteiger charge is 2.01. The van der Waals surface area contributed by atoms with E-state index in [0.717, 1.165) is 0 Å². The fourth-order valence-electron chi connectivity index (χ4n) is 1.61. The molecule has 0 heteroatoms. The van der Waals surface area contributed by atoms with Crippen molar-refractivity contribution in [3.63, 3.8) is 0 Å². The van der Waals surface area contributed by atoms with Crippen LogP contribution in [0.1, 0.15) is 34.6 Å². The lowest BCUT2D eigenvalue weighted by molar-refractivity contribution is 0.936. The third-order valence-electron chi connectivity index (χ3n) is 2.47. The molecule has 0 saturated heterocycles. The van der Waals surface area contributed by atoms with Gasteiger partial charge in [0.05, 0.1) is 0 Å². The van der Waals surface area contributed by atoms with Crippen molar-refractivity contribution in [3.05, 3.63) is 71.9 Å². The summed E-state index contributed by atoms with van der Waals surface area (Å²) in [6.07, 6.45) is 21.3. The van der Waals surface area contributed by atoms with Crippen molar-refractivity contribution in [3.8, 4) is 0 Å². The van der Waals surface area contributed by atoms with Crippen molar-refractivity contribution >= 4 is 0 Å². The lowest BCUT2D eigenvalue weighted by Crippen LogP contribution is -1.87. The molecule has 0 aliphatic heterocycles. The second-order valence-corrected chi connectivity index (χ2v) is 3.85. The fraction of sp³-hybridized carbons (Fsp3) is 0.333. The van der Waals surface area contributed by atoms with Gasteiger partial charge in [0.1, 0.15) is 0 Å². The first-order valence-electron chi connectivity index (χ1n) is 6.80. The third kappa shape index (κ3) is 6.24. The Hall–Kier alpha value is -1.56. The van der Waals surface area contributed by atoms with E-state index in [-0.39, 0.29) is 0 Å². The minimum Gasteiger partial charge on any atom is -0.0877 e. The predicted molar refractivity (Wildman–Crippen MR) is 84.6 cm³/mol. The SMILES string of the molecule is CC.C\C=C/C=C\C(=C/C)C1=CC(C)C=CC=C1. The van der Waals surface area contributed by atoms with Gasteiger partial charge in [-0.3, -0.25) is 0 Å². The molecular weight excluding hydrogens is 216 g/mol. The van der Waals surface area contributed by atoms with Crippen molar-refractivity contribution in [2.45, 2.75) is 34.6 Å². The van der Waals surface area contributed by atoms with Crippen molar-refractivity contribution in [2.24, 2.45) is 5.92 Å². The average molecular weight is 242 g/mol. The summed E-state index contributed by atoms with van der Waals surface area (Å²) in [5.74, 6) is 0.495. The van der Waals surface area contributed by atoms with Crippen LogP contribution in [0.15, 0.2) is 71.9 Å². The maximum Gasteiger partial charge on any atom is -0.00696 e. The maximum atomic E-state index is 2.29. The van der Waals surface area contributed by atoms with Gasteiger partial charge in [-0.1, -0.05) is 81.5 Å². The lowest BCUT2D eigenvalue weighted by Gasteiger charge is -2.04. The Morgan fingerprint density at radius 3 is 2.44 bits per heavy atom. The Bertz CT molecular complexity index is 384. The van der Waals surface area contributed by atoms with E-state index in [0.29, 0.717) is 5.92 Å². The third-order valence-corrected chi connectivity index (χ3v) is 2.47. The zero-order chi connectivity index (χ0) is 13.8. The molecule has 1 aliphatic carbocycles. The molecule has 0 heterocycles. The molecule has 0 amide bonds. The highest BCUT2D eigenvalue weighted by Crippen LogP contribution is 2.19. The van der Waals surface area contributed by atoms with E-state index in [1.54, 1.807) is 0 Å². The summed E-state index contributed by atoms with van der Waals surface area (Å²) in [6.45, 7) is 10.3. The van der Waals surface area contributed by atoms with Crippen LogP contribution in [0.5, 0.6) is 0 Å². The second kappa shape index (κ2) is 10.6. The van der Waals surface area contributed by atoms with Crippen LogP contribution in [0.25, 0.3) is 0 Å². The summed E-state index contributed by atoms with van der Waals surface area (Å²) < 4.78 is 0. The topological polar surface area (TPSA) is 0 Å². The zero-order valence-electron chi connectivity index (χ0n) is 12.4. The number of allylic oxidation sites excluding steroid dienone is 12. The van der Waals surface area contributed by atoms with Gasteiger partial charge in [-0.05, 0) is 30.9 Å². The molecule has 0 nitrogen and oxygen atoms in total. The van der Waals surface area contributed by atoms with Gasteiger partial charge < -0.3 is 0 Å². The Morgan fingerprint density at radius 2 is 1.83 bits per heavy atom. The Morgan fingerprint density at radius 1 is 1.11 bits per heavy atom. The van der Waals surface area contributed by atoms with E-state index in [4.69, 9.17) is 0 Å². The summed E-state index contributed by atoms with van der Waals surface area (Å²) in [5.41, 5.74) is 2.56. The summed E-state index contributed by atoms with van der Waals surface area (Å²) in [6, 6.07) is 0. The highest BCUT2D eigenvalue weighted by atomic mass is 14.1. The van der Waals surface area contributed by atoms with Gasteiger partial charge in [0, 0.05) is 0 Å².